The number of alkyl halides is 2. The molecule has 0 aromatic heterocycles. The number of benzene rings is 1. The molecule has 4 N–H and O–H groups in total. The average Bonchev–Trinajstić information content (AvgIpc) is 2.01. The highest BCUT2D eigenvalue weighted by Gasteiger charge is 2.13. The van der Waals surface area contributed by atoms with E-state index >= 15 is 0 Å². The number of anilines is 1. The lowest BCUT2D eigenvalue weighted by Crippen LogP contribution is -2.14. The fourth-order valence-electron chi connectivity index (χ4n) is 0.936. The van der Waals surface area contributed by atoms with Crippen LogP contribution < -0.4 is 16.2 Å². The molecule has 6 heteroatoms. The number of amides is 1. The summed E-state index contributed by atoms with van der Waals surface area (Å²) in [6, 6.07) is 3.72. The molecule has 76 valence electrons. The third-order valence-corrected chi connectivity index (χ3v) is 1.49. The van der Waals surface area contributed by atoms with E-state index in [1.807, 2.05) is 0 Å². The fraction of sp³-hybridized carbons (Fsp3) is 0.125. The molecule has 1 aromatic rings. The van der Waals surface area contributed by atoms with E-state index < -0.39 is 12.5 Å². The van der Waals surface area contributed by atoms with Crippen LogP contribution in [0.4, 0.5) is 14.5 Å². The van der Waals surface area contributed by atoms with Crippen molar-refractivity contribution in [3.05, 3.63) is 23.8 Å². The molecule has 4 nitrogen and oxygen atoms in total. The van der Waals surface area contributed by atoms with Crippen molar-refractivity contribution in [2.45, 2.75) is 6.61 Å². The molecule has 0 atom stereocenters. The Hall–Kier alpha value is -1.85. The first-order chi connectivity index (χ1) is 6.50. The molecule has 0 heterocycles. The molecule has 0 saturated carbocycles. The molecule has 0 aliphatic rings. The molecular weight excluding hydrogens is 194 g/mol. The maximum Gasteiger partial charge on any atom is 0.387 e. The van der Waals surface area contributed by atoms with Gasteiger partial charge in [0.15, 0.2) is 0 Å². The lowest BCUT2D eigenvalue weighted by Gasteiger charge is -2.08. The van der Waals surface area contributed by atoms with Crippen molar-refractivity contribution in [2.24, 2.45) is 5.73 Å². The van der Waals surface area contributed by atoms with Gasteiger partial charge in [-0.05, 0) is 12.1 Å². The molecule has 0 spiro atoms. The van der Waals surface area contributed by atoms with Gasteiger partial charge in [0.05, 0.1) is 5.56 Å². The van der Waals surface area contributed by atoms with Crippen molar-refractivity contribution < 1.29 is 18.3 Å². The van der Waals surface area contributed by atoms with Crippen molar-refractivity contribution in [1.29, 1.82) is 0 Å². The molecule has 1 rings (SSSR count). The first-order valence-corrected chi connectivity index (χ1v) is 3.65. The fourth-order valence-corrected chi connectivity index (χ4v) is 0.936. The predicted molar refractivity (Wildman–Crippen MR) is 46.0 cm³/mol. The van der Waals surface area contributed by atoms with Crippen LogP contribution in [-0.4, -0.2) is 12.5 Å². The van der Waals surface area contributed by atoms with Gasteiger partial charge in [0.1, 0.15) is 5.75 Å². The molecular formula is C8H8F2N2O2. The lowest BCUT2D eigenvalue weighted by atomic mass is 10.2. The molecule has 0 aliphatic heterocycles. The second-order valence-corrected chi connectivity index (χ2v) is 2.50. The molecule has 0 saturated heterocycles. The first kappa shape index (κ1) is 10.2. The van der Waals surface area contributed by atoms with Crippen molar-refractivity contribution in [1.82, 2.24) is 0 Å². The van der Waals surface area contributed by atoms with Crippen molar-refractivity contribution in [2.75, 3.05) is 5.73 Å². The largest absolute Gasteiger partial charge is 0.434 e. The summed E-state index contributed by atoms with van der Waals surface area (Å²) in [4.78, 5) is 10.8. The van der Waals surface area contributed by atoms with E-state index in [4.69, 9.17) is 11.5 Å². The molecule has 0 bridgehead atoms. The van der Waals surface area contributed by atoms with Gasteiger partial charge in [-0.2, -0.15) is 8.78 Å². The van der Waals surface area contributed by atoms with Crippen LogP contribution in [0.25, 0.3) is 0 Å². The number of rotatable bonds is 3. The Kier molecular flexibility index (Phi) is 2.85. The number of primary amides is 1. The first-order valence-electron chi connectivity index (χ1n) is 3.65. The highest BCUT2D eigenvalue weighted by molar-refractivity contribution is 5.96. The van der Waals surface area contributed by atoms with E-state index in [0.717, 1.165) is 6.07 Å². The number of halogens is 2. The third-order valence-electron chi connectivity index (χ3n) is 1.49. The monoisotopic (exact) mass is 202 g/mol. The molecule has 0 radical (unpaired) electrons. The van der Waals surface area contributed by atoms with Gasteiger partial charge in [-0.25, -0.2) is 0 Å². The minimum Gasteiger partial charge on any atom is -0.434 e. The summed E-state index contributed by atoms with van der Waals surface area (Å²) in [5.74, 6) is -1.16. The predicted octanol–water partition coefficient (Wildman–Crippen LogP) is 0.969. The van der Waals surface area contributed by atoms with Gasteiger partial charge in [-0.15, -0.1) is 0 Å². The van der Waals surface area contributed by atoms with E-state index in [-0.39, 0.29) is 17.0 Å². The number of nitrogens with two attached hydrogens (primary N) is 2. The average molecular weight is 202 g/mol. The normalized spacial score (nSPS) is 10.2. The topological polar surface area (TPSA) is 78.3 Å². The highest BCUT2D eigenvalue weighted by atomic mass is 19.3. The van der Waals surface area contributed by atoms with Crippen LogP contribution in [0.15, 0.2) is 18.2 Å². The SMILES string of the molecule is NC(=O)c1ccc(N)cc1OC(F)F. The minimum atomic E-state index is -3.02. The zero-order valence-electron chi connectivity index (χ0n) is 7.04. The molecule has 1 aromatic carbocycles. The maximum atomic E-state index is 11.9. The van der Waals surface area contributed by atoms with Gasteiger partial charge in [0.25, 0.3) is 5.91 Å². The van der Waals surface area contributed by atoms with Crippen molar-refractivity contribution >= 4 is 11.6 Å². The Labute approximate surface area is 78.4 Å². The lowest BCUT2D eigenvalue weighted by molar-refractivity contribution is -0.0500. The number of carbonyl (C=O) groups excluding carboxylic acids is 1. The summed E-state index contributed by atoms with van der Waals surface area (Å²) in [6.07, 6.45) is 0. The van der Waals surface area contributed by atoms with E-state index in [1.54, 1.807) is 0 Å². The van der Waals surface area contributed by atoms with E-state index in [1.165, 1.54) is 12.1 Å². The zero-order chi connectivity index (χ0) is 10.7. The van der Waals surface area contributed by atoms with Gasteiger partial charge in [0, 0.05) is 11.8 Å². The molecule has 0 unspecified atom stereocenters. The van der Waals surface area contributed by atoms with Crippen LogP contribution in [0.1, 0.15) is 10.4 Å². The highest BCUT2D eigenvalue weighted by Crippen LogP contribution is 2.23. The summed E-state index contributed by atoms with van der Waals surface area (Å²) in [5, 5.41) is 0. The number of nitrogen functional groups attached to an aromatic ring is 1. The van der Waals surface area contributed by atoms with Crippen LogP contribution in [0, 0.1) is 0 Å². The summed E-state index contributed by atoms with van der Waals surface area (Å²) >= 11 is 0. The Morgan fingerprint density at radius 2 is 2.07 bits per heavy atom. The van der Waals surface area contributed by atoms with Crippen LogP contribution in [0.2, 0.25) is 0 Å². The van der Waals surface area contributed by atoms with Crippen LogP contribution >= 0.6 is 0 Å². The summed E-state index contributed by atoms with van der Waals surface area (Å²) < 4.78 is 27.8. The summed E-state index contributed by atoms with van der Waals surface area (Å²) in [6.45, 7) is -3.02. The maximum absolute atomic E-state index is 11.9. The minimum absolute atomic E-state index is 0.125. The summed E-state index contributed by atoms with van der Waals surface area (Å²) in [7, 11) is 0. The van der Waals surface area contributed by atoms with E-state index in [2.05, 4.69) is 4.74 Å². The van der Waals surface area contributed by atoms with Gasteiger partial charge in [0.2, 0.25) is 0 Å². The van der Waals surface area contributed by atoms with E-state index in [9.17, 15) is 13.6 Å². The van der Waals surface area contributed by atoms with Gasteiger partial charge < -0.3 is 16.2 Å². The van der Waals surface area contributed by atoms with Gasteiger partial charge in [-0.3, -0.25) is 4.79 Å². The van der Waals surface area contributed by atoms with Crippen molar-refractivity contribution in [3.63, 3.8) is 0 Å². The Balaban J connectivity index is 3.09. The number of hydrogen-bond acceptors (Lipinski definition) is 3. The number of carbonyl (C=O) groups is 1. The Morgan fingerprint density at radius 3 is 2.57 bits per heavy atom. The van der Waals surface area contributed by atoms with Crippen LogP contribution in [0.3, 0.4) is 0 Å². The van der Waals surface area contributed by atoms with Crippen molar-refractivity contribution in [3.8, 4) is 5.75 Å². The van der Waals surface area contributed by atoms with E-state index in [0.29, 0.717) is 0 Å². The quantitative estimate of drug-likeness (QED) is 0.717. The molecule has 0 fully saturated rings. The Bertz CT molecular complexity index is 355. The smallest absolute Gasteiger partial charge is 0.387 e. The van der Waals surface area contributed by atoms with Gasteiger partial charge >= 0.3 is 6.61 Å². The van der Waals surface area contributed by atoms with Crippen LogP contribution in [-0.2, 0) is 0 Å². The molecule has 14 heavy (non-hydrogen) atoms. The second-order valence-electron chi connectivity index (χ2n) is 2.50. The standard InChI is InChI=1S/C8H8F2N2O2/c9-8(10)14-6-3-4(11)1-2-5(6)7(12)13/h1-3,8H,11H2,(H2,12,13). The molecule has 0 aliphatic carbocycles. The second kappa shape index (κ2) is 3.91. The summed E-state index contributed by atoms with van der Waals surface area (Å²) in [5.41, 5.74) is 10.4. The third kappa shape index (κ3) is 2.32. The molecule has 1 amide bonds. The zero-order valence-corrected chi connectivity index (χ0v) is 7.04. The number of hydrogen-bond donors (Lipinski definition) is 2. The Morgan fingerprint density at radius 1 is 1.43 bits per heavy atom. The van der Waals surface area contributed by atoms with Crippen LogP contribution in [0.5, 0.6) is 5.75 Å². The number of ether oxygens (including phenoxy) is 1. The van der Waals surface area contributed by atoms with Gasteiger partial charge in [-0.1, -0.05) is 0 Å².